The third kappa shape index (κ3) is 3.29. The van der Waals surface area contributed by atoms with Crippen LogP contribution in [-0.2, 0) is 6.18 Å². The van der Waals surface area contributed by atoms with Gasteiger partial charge in [0.2, 0.25) is 0 Å². The van der Waals surface area contributed by atoms with E-state index in [0.29, 0.717) is 5.70 Å². The normalized spacial score (nSPS) is 24.2. The molecule has 0 aromatic heterocycles. The Morgan fingerprint density at radius 3 is 2.82 bits per heavy atom. The molecule has 2 fully saturated rings. The van der Waals surface area contributed by atoms with E-state index >= 15 is 0 Å². The van der Waals surface area contributed by atoms with E-state index in [4.69, 9.17) is 0 Å². The lowest BCUT2D eigenvalue weighted by Gasteiger charge is -2.35. The van der Waals surface area contributed by atoms with Gasteiger partial charge in [-0.2, -0.15) is 13.2 Å². The Labute approximate surface area is 161 Å². The lowest BCUT2D eigenvalue weighted by Crippen LogP contribution is -2.47. The van der Waals surface area contributed by atoms with Crippen molar-refractivity contribution in [3.05, 3.63) is 64.2 Å². The Morgan fingerprint density at radius 1 is 1.29 bits per heavy atom. The fourth-order valence-electron chi connectivity index (χ4n) is 4.14. The summed E-state index contributed by atoms with van der Waals surface area (Å²) in [6.45, 7) is 3.61. The molecule has 2 amide bonds. The Morgan fingerprint density at radius 2 is 2.07 bits per heavy atom. The van der Waals surface area contributed by atoms with Gasteiger partial charge in [0, 0.05) is 24.2 Å². The highest BCUT2D eigenvalue weighted by molar-refractivity contribution is 5.92. The Hall–Kier alpha value is -2.72. The van der Waals surface area contributed by atoms with Gasteiger partial charge in [0.15, 0.2) is 0 Å². The highest BCUT2D eigenvalue weighted by Crippen LogP contribution is 2.43. The third-order valence-corrected chi connectivity index (χ3v) is 5.43. The van der Waals surface area contributed by atoms with Crippen molar-refractivity contribution < 1.29 is 18.0 Å². The fourth-order valence-corrected chi connectivity index (χ4v) is 4.14. The predicted molar refractivity (Wildman–Crippen MR) is 99.5 cm³/mol. The summed E-state index contributed by atoms with van der Waals surface area (Å²) in [7, 11) is 2.05. The smallest absolute Gasteiger partial charge is 0.308 e. The lowest BCUT2D eigenvalue weighted by molar-refractivity contribution is -0.137. The number of carbonyl (C=O) groups is 1. The van der Waals surface area contributed by atoms with Crippen LogP contribution in [0.25, 0.3) is 0 Å². The van der Waals surface area contributed by atoms with Crippen molar-refractivity contribution in [1.82, 2.24) is 9.80 Å². The minimum absolute atomic E-state index is 0.0385. The van der Waals surface area contributed by atoms with Gasteiger partial charge in [-0.25, -0.2) is 4.79 Å². The van der Waals surface area contributed by atoms with E-state index in [-0.39, 0.29) is 17.6 Å². The summed E-state index contributed by atoms with van der Waals surface area (Å²) in [6.07, 6.45) is -1.64. The van der Waals surface area contributed by atoms with Crippen molar-refractivity contribution >= 4 is 11.7 Å². The van der Waals surface area contributed by atoms with Gasteiger partial charge in [-0.05, 0) is 68.1 Å². The number of allylic oxidation sites excluding steroid dienone is 3. The number of nitrogens with zero attached hydrogens (tertiary/aromatic N) is 2. The number of hydrogen-bond donors (Lipinski definition) is 1. The maximum atomic E-state index is 13.0. The first-order valence-electron chi connectivity index (χ1n) is 9.14. The zero-order valence-electron chi connectivity index (χ0n) is 15.6. The SMILES string of the molecule is CC1=C=C=C2C(=C1)[C@H]1CN(C)CC[C@H]1N2C(=O)Nc1cccc(C(F)(F)F)c1. The summed E-state index contributed by atoms with van der Waals surface area (Å²) in [4.78, 5) is 16.9. The molecule has 0 saturated carbocycles. The Kier molecular flexibility index (Phi) is 4.47. The highest BCUT2D eigenvalue weighted by Gasteiger charge is 2.47. The molecule has 1 N–H and O–H groups in total. The molecule has 0 spiro atoms. The molecule has 2 saturated heterocycles. The molecule has 1 aromatic carbocycles. The zero-order valence-corrected chi connectivity index (χ0v) is 15.6. The number of rotatable bonds is 1. The van der Waals surface area contributed by atoms with Crippen LogP contribution in [0, 0.1) is 5.92 Å². The number of piperidine rings is 1. The first kappa shape index (κ1) is 18.6. The van der Waals surface area contributed by atoms with Gasteiger partial charge >= 0.3 is 12.2 Å². The molecule has 0 unspecified atom stereocenters. The quantitative estimate of drug-likeness (QED) is 0.725. The number of halogens is 3. The van der Waals surface area contributed by atoms with Crippen LogP contribution >= 0.6 is 0 Å². The molecule has 146 valence electrons. The average Bonchev–Trinajstić information content (AvgIpc) is 2.94. The van der Waals surface area contributed by atoms with E-state index < -0.39 is 17.8 Å². The number of nitrogens with one attached hydrogen (secondary N) is 1. The van der Waals surface area contributed by atoms with Crippen LogP contribution in [0.4, 0.5) is 23.7 Å². The van der Waals surface area contributed by atoms with Gasteiger partial charge in [0.1, 0.15) is 5.70 Å². The minimum Gasteiger partial charge on any atom is -0.308 e. The van der Waals surface area contributed by atoms with Gasteiger partial charge in [0.25, 0.3) is 0 Å². The first-order valence-corrected chi connectivity index (χ1v) is 9.14. The molecule has 0 radical (unpaired) electrons. The van der Waals surface area contributed by atoms with E-state index in [1.807, 2.05) is 20.0 Å². The summed E-state index contributed by atoms with van der Waals surface area (Å²) in [5.74, 6) is 0.158. The molecule has 4 rings (SSSR count). The summed E-state index contributed by atoms with van der Waals surface area (Å²) < 4.78 is 38.9. The molecule has 1 aliphatic carbocycles. The van der Waals surface area contributed by atoms with Crippen LogP contribution < -0.4 is 5.32 Å². The maximum Gasteiger partial charge on any atom is 0.416 e. The van der Waals surface area contributed by atoms with Crippen LogP contribution in [-0.4, -0.2) is 42.0 Å². The summed E-state index contributed by atoms with van der Waals surface area (Å²) in [6, 6.07) is 4.21. The van der Waals surface area contributed by atoms with E-state index in [1.54, 1.807) is 4.90 Å². The lowest BCUT2D eigenvalue weighted by atomic mass is 9.88. The number of alkyl halides is 3. The van der Waals surface area contributed by atoms with Crippen LogP contribution in [0.15, 0.2) is 58.6 Å². The van der Waals surface area contributed by atoms with Crippen molar-refractivity contribution in [2.24, 2.45) is 5.92 Å². The summed E-state index contributed by atoms with van der Waals surface area (Å²) in [5, 5.41) is 2.64. The standard InChI is InChI=1S/C21H20F3N3O/c1-13-6-7-18-16(10-13)17-12-26(2)9-8-19(17)27(18)20(28)25-15-5-3-4-14(11-15)21(22,23)24/h3-5,10-11,17,19H,8-9,12H2,1-2H3,(H,25,28)/t17-,19-/m1/s1. The van der Waals surface area contributed by atoms with Gasteiger partial charge in [-0.3, -0.25) is 4.90 Å². The largest absolute Gasteiger partial charge is 0.416 e. The number of amides is 2. The van der Waals surface area contributed by atoms with Crippen molar-refractivity contribution in [3.8, 4) is 0 Å². The van der Waals surface area contributed by atoms with Gasteiger partial charge in [-0.15, -0.1) is 0 Å². The van der Waals surface area contributed by atoms with E-state index in [1.165, 1.54) is 12.1 Å². The molecule has 0 bridgehead atoms. The molecule has 2 aliphatic heterocycles. The highest BCUT2D eigenvalue weighted by atomic mass is 19.4. The van der Waals surface area contributed by atoms with Gasteiger partial charge in [-0.1, -0.05) is 11.8 Å². The molecule has 1 aromatic rings. The zero-order chi connectivity index (χ0) is 20.1. The number of benzene rings is 1. The van der Waals surface area contributed by atoms with E-state index in [2.05, 4.69) is 21.7 Å². The summed E-state index contributed by atoms with van der Waals surface area (Å²) >= 11 is 0. The van der Waals surface area contributed by atoms with Crippen molar-refractivity contribution in [3.63, 3.8) is 0 Å². The second-order valence-corrected chi connectivity index (χ2v) is 7.48. The number of carbonyl (C=O) groups excluding carboxylic acids is 1. The fraction of sp³-hybridized carbons (Fsp3) is 0.381. The number of likely N-dealkylation sites (tertiary alicyclic amines) is 2. The van der Waals surface area contributed by atoms with Crippen molar-refractivity contribution in [2.75, 3.05) is 25.5 Å². The van der Waals surface area contributed by atoms with Crippen LogP contribution in [0.2, 0.25) is 0 Å². The maximum absolute atomic E-state index is 13.0. The van der Waals surface area contributed by atoms with Crippen LogP contribution in [0.3, 0.4) is 0 Å². The summed E-state index contributed by atoms with van der Waals surface area (Å²) in [5.41, 5.74) is 8.10. The molecule has 4 nitrogen and oxygen atoms in total. The molecular formula is C21H20F3N3O. The Balaban J connectivity index is 1.65. The predicted octanol–water partition coefficient (Wildman–Crippen LogP) is 4.40. The third-order valence-electron chi connectivity index (χ3n) is 5.43. The monoisotopic (exact) mass is 387 g/mol. The molecular weight excluding hydrogens is 367 g/mol. The average molecular weight is 387 g/mol. The first-order chi connectivity index (χ1) is 13.2. The second kappa shape index (κ2) is 6.71. The van der Waals surface area contributed by atoms with Gasteiger partial charge in [0.05, 0.1) is 5.56 Å². The van der Waals surface area contributed by atoms with Gasteiger partial charge < -0.3 is 10.2 Å². The molecule has 3 aliphatic rings. The second-order valence-electron chi connectivity index (χ2n) is 7.48. The molecule has 2 atom stereocenters. The topological polar surface area (TPSA) is 35.6 Å². The molecule has 28 heavy (non-hydrogen) atoms. The number of anilines is 1. The van der Waals surface area contributed by atoms with Crippen molar-refractivity contribution in [2.45, 2.75) is 25.6 Å². The Bertz CT molecular complexity index is 965. The molecule has 7 heteroatoms. The number of urea groups is 1. The van der Waals surface area contributed by atoms with Crippen LogP contribution in [0.5, 0.6) is 0 Å². The van der Waals surface area contributed by atoms with E-state index in [0.717, 1.165) is 42.8 Å². The number of hydrogen-bond acceptors (Lipinski definition) is 2. The minimum atomic E-state index is -4.46. The van der Waals surface area contributed by atoms with E-state index in [9.17, 15) is 18.0 Å². The molecule has 2 heterocycles. The van der Waals surface area contributed by atoms with Crippen molar-refractivity contribution in [1.29, 1.82) is 0 Å². The van der Waals surface area contributed by atoms with Crippen LogP contribution in [0.1, 0.15) is 18.9 Å². The number of fused-ring (bicyclic) bond motifs is 3.